The van der Waals surface area contributed by atoms with Crippen molar-refractivity contribution in [2.75, 3.05) is 0 Å². The normalized spacial score (nSPS) is 12.4. The summed E-state index contributed by atoms with van der Waals surface area (Å²) in [6.07, 6.45) is 5.43. The highest BCUT2D eigenvalue weighted by Crippen LogP contribution is 2.21. The first kappa shape index (κ1) is 12.6. The van der Waals surface area contributed by atoms with Crippen molar-refractivity contribution >= 4 is 0 Å². The predicted molar refractivity (Wildman–Crippen MR) is 71.7 cm³/mol. The van der Waals surface area contributed by atoms with Crippen molar-refractivity contribution in [2.45, 2.75) is 25.8 Å². The Labute approximate surface area is 107 Å². The Kier molecular flexibility index (Phi) is 3.99. The van der Waals surface area contributed by atoms with Gasteiger partial charge in [0, 0.05) is 13.1 Å². The molecule has 2 rings (SSSR count). The fourth-order valence-electron chi connectivity index (χ4n) is 1.73. The van der Waals surface area contributed by atoms with Gasteiger partial charge in [-0.05, 0) is 30.5 Å². The number of aryl methyl sites for hydroxylation is 1. The Morgan fingerprint density at radius 1 is 1.28 bits per heavy atom. The number of nitrogens with two attached hydrogens (primary N) is 1. The molecule has 1 aromatic carbocycles. The van der Waals surface area contributed by atoms with Gasteiger partial charge in [0.15, 0.2) is 5.75 Å². The molecule has 0 aliphatic rings. The molecule has 1 aromatic heterocycles. The zero-order valence-corrected chi connectivity index (χ0v) is 10.8. The quantitative estimate of drug-likeness (QED) is 0.880. The summed E-state index contributed by atoms with van der Waals surface area (Å²) >= 11 is 0. The first-order valence-corrected chi connectivity index (χ1v) is 6.18. The van der Waals surface area contributed by atoms with E-state index in [1.54, 1.807) is 10.9 Å². The number of aromatic nitrogens is 2. The number of rotatable bonds is 5. The van der Waals surface area contributed by atoms with E-state index in [-0.39, 0.29) is 6.04 Å². The molecule has 2 N–H and O–H groups in total. The van der Waals surface area contributed by atoms with Crippen LogP contribution in [0.15, 0.2) is 36.7 Å². The Balaban J connectivity index is 1.99. The summed E-state index contributed by atoms with van der Waals surface area (Å²) in [4.78, 5) is 0. The molecular weight excluding hydrogens is 226 g/mol. The maximum Gasteiger partial charge on any atom is 0.165 e. The number of hydrogen-bond acceptors (Lipinski definition) is 3. The minimum atomic E-state index is 0.232. The van der Waals surface area contributed by atoms with Crippen molar-refractivity contribution in [3.63, 3.8) is 0 Å². The smallest absolute Gasteiger partial charge is 0.165 e. The van der Waals surface area contributed by atoms with Crippen molar-refractivity contribution in [3.05, 3.63) is 42.2 Å². The summed E-state index contributed by atoms with van der Waals surface area (Å²) < 4.78 is 7.38. The minimum absolute atomic E-state index is 0.232. The molecule has 4 heteroatoms. The van der Waals surface area contributed by atoms with E-state index in [0.717, 1.165) is 24.3 Å². The van der Waals surface area contributed by atoms with Gasteiger partial charge in [0.2, 0.25) is 0 Å². The molecule has 1 unspecified atom stereocenters. The van der Waals surface area contributed by atoms with Gasteiger partial charge in [-0.3, -0.25) is 4.68 Å². The summed E-state index contributed by atoms with van der Waals surface area (Å²) in [5.74, 6) is 1.56. The standard InChI is InChI=1S/C14H19N3O/c1-3-12(15)8-11-4-6-13(7-5-11)18-14-9-16-17(2)10-14/h4-7,9-10,12H,3,8,15H2,1-2H3. The maximum absolute atomic E-state index is 5.93. The molecule has 96 valence electrons. The van der Waals surface area contributed by atoms with Crippen LogP contribution < -0.4 is 10.5 Å². The molecule has 4 nitrogen and oxygen atoms in total. The van der Waals surface area contributed by atoms with Crippen LogP contribution in [0.4, 0.5) is 0 Å². The fraction of sp³-hybridized carbons (Fsp3) is 0.357. The fourth-order valence-corrected chi connectivity index (χ4v) is 1.73. The first-order chi connectivity index (χ1) is 8.67. The third kappa shape index (κ3) is 3.34. The second-order valence-corrected chi connectivity index (χ2v) is 4.47. The zero-order chi connectivity index (χ0) is 13.0. The summed E-state index contributed by atoms with van der Waals surface area (Å²) in [5, 5.41) is 4.06. The van der Waals surface area contributed by atoms with E-state index in [0.29, 0.717) is 0 Å². The largest absolute Gasteiger partial charge is 0.454 e. The van der Waals surface area contributed by atoms with Crippen LogP contribution in [-0.2, 0) is 13.5 Å². The lowest BCUT2D eigenvalue weighted by atomic mass is 10.0. The maximum atomic E-state index is 5.93. The molecule has 0 radical (unpaired) electrons. The Morgan fingerprint density at radius 3 is 2.56 bits per heavy atom. The van der Waals surface area contributed by atoms with Crippen molar-refractivity contribution in [1.82, 2.24) is 9.78 Å². The molecule has 2 aromatic rings. The topological polar surface area (TPSA) is 53.1 Å². The van der Waals surface area contributed by atoms with Gasteiger partial charge in [-0.2, -0.15) is 5.10 Å². The molecule has 1 heterocycles. The van der Waals surface area contributed by atoms with Gasteiger partial charge < -0.3 is 10.5 Å². The first-order valence-electron chi connectivity index (χ1n) is 6.18. The van der Waals surface area contributed by atoms with Crippen molar-refractivity contribution in [2.24, 2.45) is 12.8 Å². The number of nitrogens with zero attached hydrogens (tertiary/aromatic N) is 2. The highest BCUT2D eigenvalue weighted by molar-refractivity contribution is 5.31. The van der Waals surface area contributed by atoms with Gasteiger partial charge >= 0.3 is 0 Å². The monoisotopic (exact) mass is 245 g/mol. The minimum Gasteiger partial charge on any atom is -0.454 e. The van der Waals surface area contributed by atoms with Gasteiger partial charge in [0.05, 0.1) is 12.4 Å². The predicted octanol–water partition coefficient (Wildman–Crippen LogP) is 2.49. The van der Waals surface area contributed by atoms with E-state index in [1.165, 1.54) is 5.56 Å². The van der Waals surface area contributed by atoms with Gasteiger partial charge in [-0.15, -0.1) is 0 Å². The van der Waals surface area contributed by atoms with Crippen molar-refractivity contribution in [1.29, 1.82) is 0 Å². The molecule has 0 amide bonds. The van der Waals surface area contributed by atoms with Gasteiger partial charge in [-0.25, -0.2) is 0 Å². The molecule has 0 saturated heterocycles. The molecule has 0 aliphatic heterocycles. The summed E-state index contributed by atoms with van der Waals surface area (Å²) in [6, 6.07) is 8.27. The lowest BCUT2D eigenvalue weighted by Crippen LogP contribution is -2.21. The van der Waals surface area contributed by atoms with Crippen LogP contribution in [0.2, 0.25) is 0 Å². The summed E-state index contributed by atoms with van der Waals surface area (Å²) in [6.45, 7) is 2.10. The second-order valence-electron chi connectivity index (χ2n) is 4.47. The molecular formula is C14H19N3O. The number of benzene rings is 1. The van der Waals surface area contributed by atoms with Crippen molar-refractivity contribution < 1.29 is 4.74 Å². The lowest BCUT2D eigenvalue weighted by Gasteiger charge is -2.09. The zero-order valence-electron chi connectivity index (χ0n) is 10.8. The molecule has 1 atom stereocenters. The number of hydrogen-bond donors (Lipinski definition) is 1. The Hall–Kier alpha value is -1.81. The third-order valence-electron chi connectivity index (χ3n) is 2.86. The van der Waals surface area contributed by atoms with E-state index >= 15 is 0 Å². The van der Waals surface area contributed by atoms with E-state index in [4.69, 9.17) is 10.5 Å². The Morgan fingerprint density at radius 2 is 2.00 bits per heavy atom. The van der Waals surface area contributed by atoms with Crippen LogP contribution in [0.25, 0.3) is 0 Å². The molecule has 0 fully saturated rings. The lowest BCUT2D eigenvalue weighted by molar-refractivity contribution is 0.481. The van der Waals surface area contributed by atoms with E-state index in [2.05, 4.69) is 24.2 Å². The van der Waals surface area contributed by atoms with Crippen LogP contribution in [0.1, 0.15) is 18.9 Å². The summed E-state index contributed by atoms with van der Waals surface area (Å²) in [7, 11) is 1.86. The van der Waals surface area contributed by atoms with Gasteiger partial charge in [0.1, 0.15) is 5.75 Å². The van der Waals surface area contributed by atoms with Crippen molar-refractivity contribution in [3.8, 4) is 11.5 Å². The highest BCUT2D eigenvalue weighted by atomic mass is 16.5. The van der Waals surface area contributed by atoms with Gasteiger partial charge in [-0.1, -0.05) is 19.1 Å². The van der Waals surface area contributed by atoms with Crippen LogP contribution in [0.5, 0.6) is 11.5 Å². The molecule has 18 heavy (non-hydrogen) atoms. The average Bonchev–Trinajstić information content (AvgIpc) is 2.77. The average molecular weight is 245 g/mol. The molecule has 0 bridgehead atoms. The Bertz CT molecular complexity index is 490. The van der Waals surface area contributed by atoms with E-state index < -0.39 is 0 Å². The SMILES string of the molecule is CCC(N)Cc1ccc(Oc2cnn(C)c2)cc1. The molecule has 0 spiro atoms. The van der Waals surface area contributed by atoms with Crippen LogP contribution in [0.3, 0.4) is 0 Å². The van der Waals surface area contributed by atoms with E-state index in [9.17, 15) is 0 Å². The summed E-state index contributed by atoms with van der Waals surface area (Å²) in [5.41, 5.74) is 7.17. The third-order valence-corrected chi connectivity index (χ3v) is 2.86. The van der Waals surface area contributed by atoms with E-state index in [1.807, 2.05) is 25.4 Å². The molecule has 0 saturated carbocycles. The highest BCUT2D eigenvalue weighted by Gasteiger charge is 2.03. The van der Waals surface area contributed by atoms with Crippen LogP contribution in [-0.4, -0.2) is 15.8 Å². The van der Waals surface area contributed by atoms with Crippen LogP contribution in [0, 0.1) is 0 Å². The van der Waals surface area contributed by atoms with Crippen LogP contribution >= 0.6 is 0 Å². The number of ether oxygens (including phenoxy) is 1. The van der Waals surface area contributed by atoms with Gasteiger partial charge in [0.25, 0.3) is 0 Å². The second kappa shape index (κ2) is 5.69. The molecule has 0 aliphatic carbocycles.